The Hall–Kier alpha value is -2.86. The van der Waals surface area contributed by atoms with Crippen LogP contribution in [-0.2, 0) is 4.79 Å². The maximum Gasteiger partial charge on any atom is 0.238 e. The second kappa shape index (κ2) is 8.66. The van der Waals surface area contributed by atoms with E-state index in [9.17, 15) is 9.59 Å². The monoisotopic (exact) mass is 394 g/mol. The summed E-state index contributed by atoms with van der Waals surface area (Å²) >= 11 is 0. The van der Waals surface area contributed by atoms with Crippen molar-refractivity contribution in [1.29, 1.82) is 0 Å². The number of amides is 1. The van der Waals surface area contributed by atoms with E-state index in [0.717, 1.165) is 37.2 Å². The van der Waals surface area contributed by atoms with Crippen molar-refractivity contribution in [3.63, 3.8) is 0 Å². The van der Waals surface area contributed by atoms with E-state index < -0.39 is 0 Å². The summed E-state index contributed by atoms with van der Waals surface area (Å²) in [5, 5.41) is 2.95. The van der Waals surface area contributed by atoms with Gasteiger partial charge < -0.3 is 14.8 Å². The van der Waals surface area contributed by atoms with Crippen LogP contribution in [0.4, 0.5) is 5.69 Å². The molecule has 0 unspecified atom stereocenters. The van der Waals surface area contributed by atoms with Gasteiger partial charge in [0.15, 0.2) is 17.3 Å². The highest BCUT2D eigenvalue weighted by Gasteiger charge is 2.27. The highest BCUT2D eigenvalue weighted by atomic mass is 16.6. The number of benzene rings is 2. The molecule has 152 valence electrons. The first-order valence-electron chi connectivity index (χ1n) is 10.1. The maximum absolute atomic E-state index is 12.9. The van der Waals surface area contributed by atoms with Gasteiger partial charge in [-0.1, -0.05) is 12.1 Å². The Morgan fingerprint density at radius 2 is 1.79 bits per heavy atom. The van der Waals surface area contributed by atoms with Crippen LogP contribution in [0.1, 0.15) is 28.8 Å². The van der Waals surface area contributed by atoms with Crippen LogP contribution in [0.2, 0.25) is 0 Å². The van der Waals surface area contributed by atoms with Gasteiger partial charge in [0.05, 0.1) is 6.54 Å². The molecule has 6 heteroatoms. The van der Waals surface area contributed by atoms with Crippen molar-refractivity contribution in [2.75, 3.05) is 38.2 Å². The molecule has 0 bridgehead atoms. The Bertz CT molecular complexity index is 904. The second-order valence-electron chi connectivity index (χ2n) is 7.69. The molecule has 0 atom stereocenters. The number of piperidine rings is 1. The van der Waals surface area contributed by atoms with Gasteiger partial charge in [-0.15, -0.1) is 0 Å². The summed E-state index contributed by atoms with van der Waals surface area (Å²) in [5.41, 5.74) is 2.60. The number of nitrogens with zero attached hydrogens (tertiary/aromatic N) is 1. The number of carbonyl (C=O) groups is 2. The van der Waals surface area contributed by atoms with E-state index >= 15 is 0 Å². The number of anilines is 1. The fraction of sp³-hybridized carbons (Fsp3) is 0.391. The summed E-state index contributed by atoms with van der Waals surface area (Å²) in [6.45, 7) is 4.87. The average Bonchev–Trinajstić information content (AvgIpc) is 2.73. The smallest absolute Gasteiger partial charge is 0.238 e. The van der Waals surface area contributed by atoms with Crippen LogP contribution in [-0.4, -0.2) is 49.4 Å². The molecule has 0 radical (unpaired) electrons. The molecule has 2 aromatic carbocycles. The molecule has 1 amide bonds. The van der Waals surface area contributed by atoms with Crippen LogP contribution < -0.4 is 14.8 Å². The van der Waals surface area contributed by atoms with E-state index in [0.29, 0.717) is 36.8 Å². The fourth-order valence-corrected chi connectivity index (χ4v) is 3.91. The number of fused-ring (bicyclic) bond motifs is 1. The van der Waals surface area contributed by atoms with Gasteiger partial charge in [0.25, 0.3) is 0 Å². The van der Waals surface area contributed by atoms with Crippen molar-refractivity contribution in [3.05, 3.63) is 53.6 Å². The van der Waals surface area contributed by atoms with E-state index in [4.69, 9.17) is 9.47 Å². The number of hydrogen-bond acceptors (Lipinski definition) is 5. The number of rotatable bonds is 5. The zero-order chi connectivity index (χ0) is 20.2. The molecule has 6 nitrogen and oxygen atoms in total. The Morgan fingerprint density at radius 1 is 1.03 bits per heavy atom. The molecule has 1 N–H and O–H groups in total. The molecule has 0 aliphatic carbocycles. The molecular weight excluding hydrogens is 368 g/mol. The lowest BCUT2D eigenvalue weighted by molar-refractivity contribution is -0.117. The minimum absolute atomic E-state index is 0.0198. The number of Topliss-reactive ketones (excluding diaryl/α,β-unsaturated/α-hetero) is 1. The molecule has 4 rings (SSSR count). The van der Waals surface area contributed by atoms with Gasteiger partial charge in [-0.2, -0.15) is 0 Å². The van der Waals surface area contributed by atoms with Gasteiger partial charge >= 0.3 is 0 Å². The number of carbonyl (C=O) groups excluding carboxylic acids is 2. The Labute approximate surface area is 170 Å². The first kappa shape index (κ1) is 19.5. The van der Waals surface area contributed by atoms with Gasteiger partial charge in [0.2, 0.25) is 5.91 Å². The number of aryl methyl sites for hydroxylation is 1. The molecule has 2 heterocycles. The molecule has 0 saturated carbocycles. The minimum atomic E-state index is -0.0211. The first-order valence-corrected chi connectivity index (χ1v) is 10.1. The molecule has 0 aromatic heterocycles. The van der Waals surface area contributed by atoms with Crippen LogP contribution >= 0.6 is 0 Å². The van der Waals surface area contributed by atoms with E-state index in [-0.39, 0.29) is 17.6 Å². The van der Waals surface area contributed by atoms with E-state index in [1.165, 1.54) is 0 Å². The van der Waals surface area contributed by atoms with E-state index in [1.807, 2.05) is 43.3 Å². The van der Waals surface area contributed by atoms with Crippen molar-refractivity contribution < 1.29 is 19.1 Å². The third kappa shape index (κ3) is 4.77. The predicted molar refractivity (Wildman–Crippen MR) is 111 cm³/mol. The zero-order valence-electron chi connectivity index (χ0n) is 16.6. The third-order valence-corrected chi connectivity index (χ3v) is 5.45. The van der Waals surface area contributed by atoms with Crippen LogP contribution in [0.3, 0.4) is 0 Å². The summed E-state index contributed by atoms with van der Waals surface area (Å²) in [6, 6.07) is 13.2. The van der Waals surface area contributed by atoms with Gasteiger partial charge in [0.1, 0.15) is 13.2 Å². The quantitative estimate of drug-likeness (QED) is 0.788. The SMILES string of the molecule is Cc1cccc(NC(=O)CN2CCC(C(=O)c3ccc4c(c3)OCCO4)CC2)c1. The number of hydrogen-bond donors (Lipinski definition) is 1. The highest BCUT2D eigenvalue weighted by molar-refractivity contribution is 5.98. The normalized spacial score (nSPS) is 17.0. The zero-order valence-corrected chi connectivity index (χ0v) is 16.6. The average molecular weight is 394 g/mol. The first-order chi connectivity index (χ1) is 14.1. The number of ether oxygens (including phenoxy) is 2. The van der Waals surface area contributed by atoms with Gasteiger partial charge in [-0.05, 0) is 68.8 Å². The van der Waals surface area contributed by atoms with Crippen molar-refractivity contribution >= 4 is 17.4 Å². The van der Waals surface area contributed by atoms with Crippen LogP contribution in [0.5, 0.6) is 11.5 Å². The lowest BCUT2D eigenvalue weighted by atomic mass is 9.88. The number of likely N-dealkylation sites (tertiary alicyclic amines) is 1. The summed E-state index contributed by atoms with van der Waals surface area (Å²) in [5.74, 6) is 1.45. The lowest BCUT2D eigenvalue weighted by Crippen LogP contribution is -2.40. The predicted octanol–water partition coefficient (Wildman–Crippen LogP) is 3.30. The molecule has 2 aliphatic heterocycles. The number of nitrogens with one attached hydrogen (secondary N) is 1. The largest absolute Gasteiger partial charge is 0.486 e. The lowest BCUT2D eigenvalue weighted by Gasteiger charge is -2.30. The number of ketones is 1. The van der Waals surface area contributed by atoms with E-state index in [2.05, 4.69) is 10.2 Å². The Balaban J connectivity index is 1.29. The fourth-order valence-electron chi connectivity index (χ4n) is 3.91. The molecule has 1 saturated heterocycles. The van der Waals surface area contributed by atoms with Crippen LogP contribution in [0.25, 0.3) is 0 Å². The van der Waals surface area contributed by atoms with Gasteiger partial charge in [0, 0.05) is 17.2 Å². The third-order valence-electron chi connectivity index (χ3n) is 5.45. The molecule has 0 spiro atoms. The molecule has 1 fully saturated rings. The van der Waals surface area contributed by atoms with Crippen molar-refractivity contribution in [3.8, 4) is 11.5 Å². The van der Waals surface area contributed by atoms with Crippen LogP contribution in [0.15, 0.2) is 42.5 Å². The second-order valence-corrected chi connectivity index (χ2v) is 7.69. The van der Waals surface area contributed by atoms with Crippen LogP contribution in [0, 0.1) is 12.8 Å². The van der Waals surface area contributed by atoms with Crippen molar-refractivity contribution in [2.45, 2.75) is 19.8 Å². The Morgan fingerprint density at radius 3 is 2.55 bits per heavy atom. The maximum atomic E-state index is 12.9. The summed E-state index contributed by atoms with van der Waals surface area (Å²) < 4.78 is 11.1. The molecule has 2 aliphatic rings. The standard InChI is InChI=1S/C23H26N2O4/c1-16-3-2-4-19(13-16)24-22(26)15-25-9-7-17(8-10-25)23(27)18-5-6-20-21(14-18)29-12-11-28-20/h2-6,13-14,17H,7-12,15H2,1H3,(H,24,26). The van der Waals surface area contributed by atoms with E-state index in [1.54, 1.807) is 6.07 Å². The topological polar surface area (TPSA) is 67.9 Å². The molecular formula is C23H26N2O4. The molecule has 29 heavy (non-hydrogen) atoms. The van der Waals surface area contributed by atoms with Gasteiger partial charge in [-0.25, -0.2) is 0 Å². The Kier molecular flexibility index (Phi) is 5.81. The highest BCUT2D eigenvalue weighted by Crippen LogP contribution is 2.32. The van der Waals surface area contributed by atoms with Crippen molar-refractivity contribution in [1.82, 2.24) is 4.90 Å². The van der Waals surface area contributed by atoms with Gasteiger partial charge in [-0.3, -0.25) is 14.5 Å². The minimum Gasteiger partial charge on any atom is -0.486 e. The van der Waals surface area contributed by atoms with Crippen molar-refractivity contribution in [2.24, 2.45) is 5.92 Å². The summed E-state index contributed by atoms with van der Waals surface area (Å²) in [4.78, 5) is 27.3. The summed E-state index contributed by atoms with van der Waals surface area (Å²) in [7, 11) is 0. The molecule has 2 aromatic rings. The summed E-state index contributed by atoms with van der Waals surface area (Å²) in [6.07, 6.45) is 1.51.